The number of aromatic nitrogens is 4. The Kier molecular flexibility index (Phi) is 8.67. The third-order valence-corrected chi connectivity index (χ3v) is 20.6. The van der Waals surface area contributed by atoms with E-state index in [1.807, 2.05) is 139 Å². The Balaban J connectivity index is 1.17. The number of rotatable bonds is 4. The van der Waals surface area contributed by atoms with Gasteiger partial charge in [0.05, 0.1) is 104 Å². The van der Waals surface area contributed by atoms with E-state index in [0.717, 1.165) is 0 Å². The SMILES string of the molecule is [2H]c1c2c3c(c([2H])c1C(C)(C)C)-n1c4c(-c5cccc([N+]#[C-])c5)cccc4c4ccccc4c4ccccc4c4c(-n5c6c([2H])c([2H])c([2H])c([2H])c6c6c([2H])c([2H])c([2H])c([2H])c65)c([2H])c([2H])c(c41)B3c1c([2H])c([2H])c(-n3c4c([2H])c([2H])c([2H])c([2H])c4c4c([2H])c([2H])c([2H])c([2H])c43)c3c4ccccc4c4ccccc4c4cccc(-c5cccc(C#N)c5)c4n-2c13. The van der Waals surface area contributed by atoms with Gasteiger partial charge >= 0.3 is 0 Å². The van der Waals surface area contributed by atoms with E-state index in [2.05, 4.69) is 10.9 Å². The van der Waals surface area contributed by atoms with E-state index in [0.29, 0.717) is 65.3 Å². The number of para-hydroxylation sites is 6. The summed E-state index contributed by atoms with van der Waals surface area (Å²) in [6, 6.07) is 41.6. The van der Waals surface area contributed by atoms with E-state index >= 15 is 0 Å². The molecule has 0 aliphatic carbocycles. The van der Waals surface area contributed by atoms with Crippen molar-refractivity contribution in [2.45, 2.75) is 26.2 Å². The van der Waals surface area contributed by atoms with Gasteiger partial charge in [-0.25, -0.2) is 4.85 Å². The highest BCUT2D eigenvalue weighted by atomic mass is 15.1. The Hall–Kier alpha value is -13.5. The minimum Gasteiger partial charge on any atom is -0.309 e. The van der Waals surface area contributed by atoms with Crippen molar-refractivity contribution in [1.82, 2.24) is 18.3 Å². The van der Waals surface area contributed by atoms with Crippen molar-refractivity contribution < 1.29 is 30.2 Å². The summed E-state index contributed by atoms with van der Waals surface area (Å²) in [4.78, 5) is 3.94. The van der Waals surface area contributed by atoms with Crippen molar-refractivity contribution in [2.75, 3.05) is 0 Å². The second-order valence-electron chi connectivity index (χ2n) is 27.1. The average Bonchev–Trinajstić information content (AvgIpc) is 1.60. The summed E-state index contributed by atoms with van der Waals surface area (Å²) < 4.78 is 232. The van der Waals surface area contributed by atoms with E-state index < -0.39 is 155 Å². The number of hydrogen-bond acceptors (Lipinski definition) is 1. The molecule has 2 aliphatic heterocycles. The lowest BCUT2D eigenvalue weighted by Crippen LogP contribution is -2.60. The molecule has 478 valence electrons. The maximum absolute atomic E-state index is 11.9. The van der Waals surface area contributed by atoms with Gasteiger partial charge in [-0.3, -0.25) is 0 Å². The Morgan fingerprint density at radius 2 is 0.738 bits per heavy atom. The minimum absolute atomic E-state index is 0.0107. The Morgan fingerprint density at radius 3 is 1.16 bits per heavy atom. The molecule has 103 heavy (non-hydrogen) atoms. The lowest BCUT2D eigenvalue weighted by molar-refractivity contribution is 0.589. The summed E-state index contributed by atoms with van der Waals surface area (Å²) in [5.41, 5.74) is -1.10. The van der Waals surface area contributed by atoms with Crippen LogP contribution >= 0.6 is 0 Å². The highest BCUT2D eigenvalue weighted by molar-refractivity contribution is 7.00. The topological polar surface area (TPSA) is 47.9 Å². The molecular weight excluding hydrogens is 1250 g/mol. The molecule has 21 rings (SSSR count). The molecule has 15 aromatic carbocycles. The van der Waals surface area contributed by atoms with Crippen LogP contribution in [0.4, 0.5) is 5.69 Å². The van der Waals surface area contributed by atoms with Gasteiger partial charge < -0.3 is 18.3 Å². The van der Waals surface area contributed by atoms with Gasteiger partial charge in [-0.1, -0.05) is 269 Å². The van der Waals surface area contributed by atoms with Crippen LogP contribution in [0.1, 0.15) is 62.1 Å². The van der Waals surface area contributed by atoms with Crippen LogP contribution in [0.15, 0.2) is 315 Å². The number of hydrogen-bond donors (Lipinski definition) is 0. The fourth-order valence-corrected chi connectivity index (χ4v) is 16.4. The second kappa shape index (κ2) is 22.0. The Labute approximate surface area is 625 Å². The lowest BCUT2D eigenvalue weighted by Gasteiger charge is -2.38. The molecule has 6 nitrogen and oxygen atoms in total. The molecule has 4 aromatic heterocycles. The zero-order valence-corrected chi connectivity index (χ0v) is 55.1. The van der Waals surface area contributed by atoms with Gasteiger partial charge in [0.15, 0.2) is 5.69 Å². The molecule has 19 aromatic rings. The fourth-order valence-electron chi connectivity index (χ4n) is 16.4. The maximum Gasteiger partial charge on any atom is 0.252 e. The smallest absolute Gasteiger partial charge is 0.252 e. The molecule has 2 aliphatic rings. The largest absolute Gasteiger partial charge is 0.309 e. The molecule has 0 radical (unpaired) electrons. The molecule has 0 saturated heterocycles. The highest BCUT2D eigenvalue weighted by Crippen LogP contribution is 2.48. The van der Waals surface area contributed by atoms with Crippen LogP contribution in [0.25, 0.3) is 180 Å². The number of benzene rings is 15. The van der Waals surface area contributed by atoms with Crippen LogP contribution in [0.5, 0.6) is 0 Å². The van der Waals surface area contributed by atoms with Crippen LogP contribution < -0.4 is 16.4 Å². The normalized spacial score (nSPS) is 15.4. The quantitative estimate of drug-likeness (QED) is 0.128. The highest BCUT2D eigenvalue weighted by Gasteiger charge is 2.42. The van der Waals surface area contributed by atoms with Crippen LogP contribution in [-0.4, -0.2) is 25.0 Å². The van der Waals surface area contributed by atoms with Crippen molar-refractivity contribution in [3.8, 4) is 51.1 Å². The predicted molar refractivity (Wildman–Crippen MR) is 434 cm³/mol. The summed E-state index contributed by atoms with van der Waals surface area (Å²) in [5.74, 6) is 0. The Bertz CT molecular complexity index is 8040. The molecule has 6 heterocycles. The summed E-state index contributed by atoms with van der Waals surface area (Å²) in [6.45, 7) is 12.3. The summed E-state index contributed by atoms with van der Waals surface area (Å²) in [6.07, 6.45) is 0. The minimum atomic E-state index is -1.81. The van der Waals surface area contributed by atoms with Gasteiger partial charge in [0.1, 0.15) is 0 Å². The lowest BCUT2D eigenvalue weighted by atomic mass is 9.34. The zero-order chi connectivity index (χ0) is 87.7. The molecular formula is C96H61BN6. The van der Waals surface area contributed by atoms with Crippen LogP contribution in [-0.2, 0) is 5.41 Å². The molecule has 7 heteroatoms. The van der Waals surface area contributed by atoms with Crippen molar-refractivity contribution in [1.29, 1.82) is 5.26 Å². The van der Waals surface area contributed by atoms with E-state index in [-0.39, 0.29) is 133 Å². The first kappa shape index (κ1) is 40.6. The van der Waals surface area contributed by atoms with E-state index in [1.165, 1.54) is 9.13 Å². The number of nitriles is 1. The fraction of sp³-hybridized carbons (Fsp3) is 0.0417. The summed E-state index contributed by atoms with van der Waals surface area (Å²) >= 11 is 0. The molecule has 0 N–H and O–H groups in total. The van der Waals surface area contributed by atoms with Gasteiger partial charge in [-0.15, -0.1) is 0 Å². The first-order valence-electron chi connectivity index (χ1n) is 44.7. The molecule has 0 saturated carbocycles. The van der Waals surface area contributed by atoms with E-state index in [1.54, 1.807) is 72.8 Å². The second-order valence-corrected chi connectivity index (χ2v) is 27.1. The third kappa shape index (κ3) is 8.31. The first-order chi connectivity index (χ1) is 59.9. The molecule has 0 unspecified atom stereocenters. The molecule has 0 spiro atoms. The predicted octanol–water partition coefficient (Wildman–Crippen LogP) is 23.1. The van der Waals surface area contributed by atoms with Gasteiger partial charge in [0.25, 0.3) is 6.71 Å². The van der Waals surface area contributed by atoms with Crippen molar-refractivity contribution in [3.63, 3.8) is 0 Å². The first-order valence-corrected chi connectivity index (χ1v) is 33.7. The molecule has 0 atom stereocenters. The Morgan fingerprint density at radius 1 is 0.369 bits per heavy atom. The van der Waals surface area contributed by atoms with Crippen molar-refractivity contribution >= 4 is 159 Å². The summed E-state index contributed by atoms with van der Waals surface area (Å²) in [7, 11) is 0. The van der Waals surface area contributed by atoms with Gasteiger partial charge in [0.2, 0.25) is 0 Å². The van der Waals surface area contributed by atoms with Crippen LogP contribution in [0.3, 0.4) is 0 Å². The van der Waals surface area contributed by atoms with Crippen LogP contribution in [0, 0.1) is 17.9 Å². The zero-order valence-electron chi connectivity index (χ0n) is 77.1. The van der Waals surface area contributed by atoms with Gasteiger partial charge in [-0.2, -0.15) is 5.26 Å². The third-order valence-electron chi connectivity index (χ3n) is 20.6. The van der Waals surface area contributed by atoms with E-state index in [9.17, 15) is 35.4 Å². The van der Waals surface area contributed by atoms with Crippen LogP contribution in [0.2, 0.25) is 0 Å². The van der Waals surface area contributed by atoms with Gasteiger partial charge in [-0.05, 0) is 148 Å². The maximum atomic E-state index is 11.9. The number of nitrogens with zero attached hydrogens (tertiary/aromatic N) is 6. The molecule has 0 bridgehead atoms. The van der Waals surface area contributed by atoms with E-state index in [4.69, 9.17) is 6.57 Å². The van der Waals surface area contributed by atoms with Crippen molar-refractivity contribution in [2.24, 2.45) is 0 Å². The monoisotopic (exact) mass is 1330 g/mol. The standard InChI is InChI=1S/C96H61BN6/c1-96(2,3)61-55-87-91-88(56-61)103-93-64(60-27-22-28-62(54-60)99-4)42-24-44-78(93)70-34-8-6-30-66(70)68-32-10-12-40-76(68)90-86(101-83-47-19-15-37-73(83)74-38-16-20-48-84(74)101)52-50-80(95(90)103)97(91)79-49-51-85(100-81-45-17-13-35-71(81)72-36-14-18-46-82(72)100)89-75-39-11-9-31-67(75)65-29-5-7-33-69(65)77-43-23-41-63(92(77)102(87)94(79)89)59-26-21-25-58(53-59)57-98/h5-56H,1-3H3/i13D,14D,15D,16D,17D,18D,19D,20D,35D,36D,37D,38D,45D,46D,47D,48D,49D,50D,51D,52D,55D,56D. The van der Waals surface area contributed by atoms with Crippen molar-refractivity contribution in [3.05, 3.63) is 337 Å². The molecule has 0 amide bonds. The number of fused-ring (bicyclic) bond motifs is 24. The molecule has 0 fully saturated rings. The average molecular weight is 1330 g/mol. The summed E-state index contributed by atoms with van der Waals surface area (Å²) in [5, 5.41) is 14.2. The van der Waals surface area contributed by atoms with Gasteiger partial charge in [0, 0.05) is 65.6 Å².